The first-order valence-electron chi connectivity index (χ1n) is 5.00. The molecule has 0 aromatic rings. The Morgan fingerprint density at radius 1 is 1.43 bits per heavy atom. The summed E-state index contributed by atoms with van der Waals surface area (Å²) < 4.78 is 30.5. The van der Waals surface area contributed by atoms with Gasteiger partial charge in [0.15, 0.2) is 0 Å². The summed E-state index contributed by atoms with van der Waals surface area (Å²) >= 11 is 0. The maximum absolute atomic E-state index is 10.8. The Labute approximate surface area is 85.0 Å². The minimum atomic E-state index is -3.96. The summed E-state index contributed by atoms with van der Waals surface area (Å²) in [6, 6.07) is 0. The normalized spacial score (nSPS) is 38.1. The Kier molecular flexibility index (Phi) is 2.05. The van der Waals surface area contributed by atoms with Crippen LogP contribution in [0.1, 0.15) is 33.1 Å². The summed E-state index contributed by atoms with van der Waals surface area (Å²) in [7, 11) is -3.96. The molecule has 2 rings (SSSR count). The predicted molar refractivity (Wildman–Crippen MR) is 54.2 cm³/mol. The van der Waals surface area contributed by atoms with Crippen LogP contribution in [-0.4, -0.2) is 13.0 Å². The van der Waals surface area contributed by atoms with E-state index in [2.05, 4.69) is 13.8 Å². The van der Waals surface area contributed by atoms with Gasteiger partial charge in [-0.05, 0) is 42.1 Å². The van der Waals surface area contributed by atoms with Crippen molar-refractivity contribution in [2.75, 3.05) is 0 Å². The van der Waals surface area contributed by atoms with Crippen molar-refractivity contribution >= 4 is 10.1 Å². The van der Waals surface area contributed by atoms with Crippen molar-refractivity contribution in [3.05, 3.63) is 11.0 Å². The van der Waals surface area contributed by atoms with E-state index in [4.69, 9.17) is 4.55 Å². The second-order valence-electron chi connectivity index (χ2n) is 5.02. The van der Waals surface area contributed by atoms with Crippen LogP contribution in [0.15, 0.2) is 11.0 Å². The highest BCUT2D eigenvalue weighted by atomic mass is 32.2. The van der Waals surface area contributed by atoms with Crippen LogP contribution in [0.3, 0.4) is 0 Å². The van der Waals surface area contributed by atoms with Gasteiger partial charge in [0.25, 0.3) is 10.1 Å². The third kappa shape index (κ3) is 1.50. The van der Waals surface area contributed by atoms with Crippen LogP contribution in [0.5, 0.6) is 0 Å². The Morgan fingerprint density at radius 2 is 2.07 bits per heavy atom. The number of hydrogen-bond acceptors (Lipinski definition) is 2. The molecular formula is C10H16O3S. The topological polar surface area (TPSA) is 54.4 Å². The monoisotopic (exact) mass is 216 g/mol. The molecule has 0 aromatic carbocycles. The van der Waals surface area contributed by atoms with Gasteiger partial charge in [0.2, 0.25) is 0 Å². The molecule has 0 aromatic heterocycles. The van der Waals surface area contributed by atoms with Crippen molar-refractivity contribution in [3.63, 3.8) is 0 Å². The lowest BCUT2D eigenvalue weighted by molar-refractivity contribution is 0.288. The lowest BCUT2D eigenvalue weighted by Crippen LogP contribution is -2.23. The molecule has 80 valence electrons. The fourth-order valence-electron chi connectivity index (χ4n) is 3.09. The maximum Gasteiger partial charge on any atom is 0.287 e. The molecule has 0 radical (unpaired) electrons. The fraction of sp³-hybridized carbons (Fsp3) is 0.800. The average Bonchev–Trinajstić information content (AvgIpc) is 2.51. The zero-order chi connectivity index (χ0) is 10.6. The van der Waals surface area contributed by atoms with Crippen LogP contribution < -0.4 is 0 Å². The highest BCUT2D eigenvalue weighted by Crippen LogP contribution is 2.59. The van der Waals surface area contributed by atoms with Crippen molar-refractivity contribution < 1.29 is 13.0 Å². The molecule has 3 nitrogen and oxygen atoms in total. The first-order valence-corrected chi connectivity index (χ1v) is 6.50. The highest BCUT2D eigenvalue weighted by molar-refractivity contribution is 7.88. The molecular weight excluding hydrogens is 200 g/mol. The molecule has 1 N–H and O–H groups in total. The first kappa shape index (κ1) is 10.2. The second-order valence-corrected chi connectivity index (χ2v) is 6.28. The van der Waals surface area contributed by atoms with E-state index in [1.54, 1.807) is 0 Å². The van der Waals surface area contributed by atoms with Crippen molar-refractivity contribution in [3.8, 4) is 0 Å². The second kappa shape index (κ2) is 2.83. The number of hydrogen-bond donors (Lipinski definition) is 1. The lowest BCUT2D eigenvalue weighted by Gasteiger charge is -2.32. The summed E-state index contributed by atoms with van der Waals surface area (Å²) in [5, 5.41) is 1.08. The third-order valence-corrected chi connectivity index (χ3v) is 4.46. The number of allylic oxidation sites excluding steroid dienone is 1. The molecule has 14 heavy (non-hydrogen) atoms. The maximum atomic E-state index is 10.8. The molecule has 4 heteroatoms. The molecule has 0 amide bonds. The molecule has 2 bridgehead atoms. The number of fused-ring (bicyclic) bond motifs is 2. The van der Waals surface area contributed by atoms with E-state index < -0.39 is 10.1 Å². The smallest absolute Gasteiger partial charge is 0.282 e. The molecule has 2 unspecified atom stereocenters. The van der Waals surface area contributed by atoms with Gasteiger partial charge in [0, 0.05) is 0 Å². The summed E-state index contributed by atoms with van der Waals surface area (Å²) in [5.74, 6) is 0.984. The van der Waals surface area contributed by atoms with E-state index in [9.17, 15) is 8.42 Å². The lowest BCUT2D eigenvalue weighted by atomic mass is 9.73. The van der Waals surface area contributed by atoms with Gasteiger partial charge in [-0.15, -0.1) is 0 Å². The quantitative estimate of drug-likeness (QED) is 0.684. The van der Waals surface area contributed by atoms with Crippen LogP contribution in [0.4, 0.5) is 0 Å². The molecule has 0 spiro atoms. The standard InChI is InChI=1S/C10H16O3S/c1-10(2)8-4-3-7(5-8)9(10)6-14(11,12)13/h6-8H,3-5H2,1-2H3,(H,11,12,13)/b9-6+. The van der Waals surface area contributed by atoms with Gasteiger partial charge in [-0.3, -0.25) is 4.55 Å². The SMILES string of the molecule is CC1(C)/C(=C/S(=O)(=O)O)C2CCC1C2. The summed E-state index contributed by atoms with van der Waals surface area (Å²) in [5.41, 5.74) is 0.884. The Morgan fingerprint density at radius 3 is 2.50 bits per heavy atom. The van der Waals surface area contributed by atoms with Crippen molar-refractivity contribution in [1.29, 1.82) is 0 Å². The van der Waals surface area contributed by atoms with Crippen LogP contribution in [-0.2, 0) is 10.1 Å². The van der Waals surface area contributed by atoms with Crippen molar-refractivity contribution in [1.82, 2.24) is 0 Å². The Bertz CT molecular complexity index is 378. The minimum absolute atomic E-state index is 0.0429. The molecule has 2 saturated carbocycles. The van der Waals surface area contributed by atoms with Crippen molar-refractivity contribution in [2.24, 2.45) is 17.3 Å². The van der Waals surface area contributed by atoms with E-state index in [-0.39, 0.29) is 5.41 Å². The van der Waals surface area contributed by atoms with Gasteiger partial charge in [-0.2, -0.15) is 8.42 Å². The highest BCUT2D eigenvalue weighted by Gasteiger charge is 2.49. The van der Waals surface area contributed by atoms with Crippen LogP contribution in [0, 0.1) is 17.3 Å². The minimum Gasteiger partial charge on any atom is -0.282 e. The van der Waals surface area contributed by atoms with Crippen LogP contribution in [0.2, 0.25) is 0 Å². The van der Waals surface area contributed by atoms with Crippen molar-refractivity contribution in [2.45, 2.75) is 33.1 Å². The molecule has 2 aliphatic rings. The Hall–Kier alpha value is -0.350. The Balaban J connectivity index is 2.42. The average molecular weight is 216 g/mol. The summed E-state index contributed by atoms with van der Waals surface area (Å²) in [4.78, 5) is 0. The largest absolute Gasteiger partial charge is 0.287 e. The zero-order valence-electron chi connectivity index (χ0n) is 8.53. The zero-order valence-corrected chi connectivity index (χ0v) is 9.34. The van der Waals surface area contributed by atoms with Gasteiger partial charge in [0.05, 0.1) is 5.41 Å². The molecule has 2 atom stereocenters. The molecule has 0 aliphatic heterocycles. The molecule has 2 fully saturated rings. The van der Waals surface area contributed by atoms with Gasteiger partial charge < -0.3 is 0 Å². The van der Waals surface area contributed by atoms with E-state index in [1.807, 2.05) is 0 Å². The predicted octanol–water partition coefficient (Wildman–Crippen LogP) is 2.21. The first-order chi connectivity index (χ1) is 6.31. The summed E-state index contributed by atoms with van der Waals surface area (Å²) in [6.45, 7) is 4.15. The third-order valence-electron chi connectivity index (χ3n) is 3.91. The molecule has 0 heterocycles. The van der Waals surface area contributed by atoms with E-state index in [0.717, 1.165) is 23.8 Å². The molecule has 2 aliphatic carbocycles. The van der Waals surface area contributed by atoms with Crippen LogP contribution >= 0.6 is 0 Å². The van der Waals surface area contributed by atoms with E-state index in [1.165, 1.54) is 6.42 Å². The molecule has 0 saturated heterocycles. The van der Waals surface area contributed by atoms with E-state index >= 15 is 0 Å². The van der Waals surface area contributed by atoms with Crippen LogP contribution in [0.25, 0.3) is 0 Å². The van der Waals surface area contributed by atoms with Gasteiger partial charge in [-0.25, -0.2) is 0 Å². The van der Waals surface area contributed by atoms with Gasteiger partial charge in [0.1, 0.15) is 0 Å². The summed E-state index contributed by atoms with van der Waals surface area (Å²) in [6.07, 6.45) is 3.37. The fourth-order valence-corrected chi connectivity index (χ4v) is 3.91. The van der Waals surface area contributed by atoms with E-state index in [0.29, 0.717) is 11.8 Å². The van der Waals surface area contributed by atoms with Gasteiger partial charge >= 0.3 is 0 Å². The van der Waals surface area contributed by atoms with Gasteiger partial charge in [-0.1, -0.05) is 13.8 Å². The number of rotatable bonds is 1.